The summed E-state index contributed by atoms with van der Waals surface area (Å²) in [4.78, 5) is 77.6. The molecule has 3 aliphatic rings. The van der Waals surface area contributed by atoms with E-state index in [2.05, 4.69) is 36.6 Å². The minimum absolute atomic E-state index is 0.0878. The van der Waals surface area contributed by atoms with Gasteiger partial charge in [0.2, 0.25) is 23.7 Å². The zero-order chi connectivity index (χ0) is 50.4. The molecular weight excluding hydrogens is 956 g/mol. The van der Waals surface area contributed by atoms with Gasteiger partial charge in [-0.25, -0.2) is 18.7 Å². The van der Waals surface area contributed by atoms with Gasteiger partial charge in [0.1, 0.15) is 17.7 Å². The molecule has 72 heavy (non-hydrogen) atoms. The number of carbonyl (C=O) groups excluding carboxylic acids is 5. The van der Waals surface area contributed by atoms with Gasteiger partial charge in [-0.15, -0.1) is 0 Å². The van der Waals surface area contributed by atoms with E-state index in [0.717, 1.165) is 0 Å². The van der Waals surface area contributed by atoms with E-state index in [4.69, 9.17) is 35.5 Å². The maximum atomic E-state index is 14.9. The van der Waals surface area contributed by atoms with Crippen LogP contribution in [-0.2, 0) is 46.4 Å². The lowest BCUT2D eigenvalue weighted by Crippen LogP contribution is -2.52. The van der Waals surface area contributed by atoms with E-state index in [1.807, 2.05) is 0 Å². The number of ether oxygens (including phenoxy) is 4. The van der Waals surface area contributed by atoms with Crippen LogP contribution in [0.4, 0.5) is 26.1 Å². The Morgan fingerprint density at radius 2 is 1.49 bits per heavy atom. The van der Waals surface area contributed by atoms with Crippen molar-refractivity contribution in [1.29, 1.82) is 0 Å². The van der Waals surface area contributed by atoms with Crippen molar-refractivity contribution in [3.05, 3.63) is 135 Å². The molecule has 5 amide bonds. The lowest BCUT2D eigenvalue weighted by atomic mass is 9.95. The molecule has 3 aliphatic heterocycles. The third-order valence-electron chi connectivity index (χ3n) is 11.8. The van der Waals surface area contributed by atoms with Crippen LogP contribution in [0.2, 0.25) is 5.02 Å². The summed E-state index contributed by atoms with van der Waals surface area (Å²) in [6.07, 6.45) is 2.24. The number of rotatable bonds is 24. The zero-order valence-corrected chi connectivity index (χ0v) is 39.8. The molecule has 5 N–H and O–H groups in total. The summed E-state index contributed by atoms with van der Waals surface area (Å²) in [5, 5.41) is 14.7. The molecule has 4 aromatic carbocycles. The fourth-order valence-corrected chi connectivity index (χ4v) is 8.42. The van der Waals surface area contributed by atoms with Crippen LogP contribution in [0, 0.1) is 11.6 Å². The normalized spacial score (nSPS) is 15.0. The molecular formula is C51H52ClF2N9O9. The first kappa shape index (κ1) is 51.3. The Kier molecular flexibility index (Phi) is 17.7. The van der Waals surface area contributed by atoms with Crippen molar-refractivity contribution in [2.75, 3.05) is 83.1 Å². The number of piperidine rings is 1. The lowest BCUT2D eigenvalue weighted by Gasteiger charge is -2.29. The lowest BCUT2D eigenvalue weighted by molar-refractivity contribution is -0.137. The topological polar surface area (TPSA) is 224 Å². The van der Waals surface area contributed by atoms with Gasteiger partial charge in [-0.3, -0.25) is 34.3 Å². The Bertz CT molecular complexity index is 2820. The Morgan fingerprint density at radius 1 is 0.792 bits per heavy atom. The van der Waals surface area contributed by atoms with Gasteiger partial charge in [-0.1, -0.05) is 29.8 Å². The van der Waals surface area contributed by atoms with Crippen LogP contribution in [0.5, 0.6) is 0 Å². The van der Waals surface area contributed by atoms with Crippen molar-refractivity contribution in [1.82, 2.24) is 30.8 Å². The van der Waals surface area contributed by atoms with E-state index >= 15 is 0 Å². The maximum Gasteiger partial charge on any atom is 0.255 e. The van der Waals surface area contributed by atoms with Gasteiger partial charge in [-0.2, -0.15) is 0 Å². The number of aliphatic imine (C=N–C) groups is 1. The number of fused-ring (bicyclic) bond motifs is 4. The molecule has 4 heterocycles. The number of anilines is 3. The highest BCUT2D eigenvalue weighted by molar-refractivity contribution is 6.31. The standard InChI is InChI=1S/C51H52ClF2N9O9/c52-33-9-12-35-37(27-33)47(45-39(53)4-2-5-40(45)54)57-28-32-29-58-51(62-46(32)35)59-34-10-7-31(8-11-34)48(66)56-18-20-70-22-24-72-26-25-71-23-21-69-19-17-55-16-15-44(65)60-41-6-1-3-36-38(41)30-63(50(36)68)42-13-14-43(64)61-49(42)67/h1-12,27,29,42,55H,13-26,28,30H2,(H,56,66)(H,60,65)(H,58,59,62)(H,61,64,67). The van der Waals surface area contributed by atoms with Crippen LogP contribution in [0.25, 0.3) is 11.3 Å². The van der Waals surface area contributed by atoms with Crippen LogP contribution < -0.4 is 26.6 Å². The number of halogens is 3. The van der Waals surface area contributed by atoms with E-state index < -0.39 is 23.6 Å². The van der Waals surface area contributed by atoms with Crippen molar-refractivity contribution in [2.45, 2.75) is 38.4 Å². The number of hydrogen-bond donors (Lipinski definition) is 5. The fraction of sp³-hybridized carbons (Fsp3) is 0.333. The number of benzene rings is 4. The summed E-state index contributed by atoms with van der Waals surface area (Å²) in [5.74, 6) is -2.84. The maximum absolute atomic E-state index is 14.9. The van der Waals surface area contributed by atoms with Crippen molar-refractivity contribution in [3.8, 4) is 11.3 Å². The van der Waals surface area contributed by atoms with E-state index in [-0.39, 0.29) is 73.2 Å². The molecule has 5 aromatic rings. The molecule has 1 fully saturated rings. The van der Waals surface area contributed by atoms with E-state index in [1.54, 1.807) is 66.9 Å². The predicted molar refractivity (Wildman–Crippen MR) is 262 cm³/mol. The molecule has 1 saturated heterocycles. The first-order chi connectivity index (χ1) is 35.0. The molecule has 0 spiro atoms. The third kappa shape index (κ3) is 13.1. The number of carbonyl (C=O) groups is 5. The first-order valence-corrected chi connectivity index (χ1v) is 23.8. The van der Waals surface area contributed by atoms with Gasteiger partial charge in [-0.05, 0) is 67.1 Å². The number of nitrogens with zero attached hydrogens (tertiary/aromatic N) is 4. The van der Waals surface area contributed by atoms with E-state index in [1.165, 1.54) is 23.1 Å². The second-order valence-corrected chi connectivity index (χ2v) is 17.1. The molecule has 376 valence electrons. The average Bonchev–Trinajstić information content (AvgIpc) is 3.62. The number of hydrogen-bond acceptors (Lipinski definition) is 14. The van der Waals surface area contributed by atoms with Gasteiger partial charge in [0.15, 0.2) is 0 Å². The third-order valence-corrected chi connectivity index (χ3v) is 12.1. The van der Waals surface area contributed by atoms with Crippen molar-refractivity contribution in [3.63, 3.8) is 0 Å². The number of nitrogens with one attached hydrogen (secondary N) is 5. The SMILES string of the molecule is O=C1CCC(N2Cc3c(NC(=O)CCNCCOCCOCCOCCOCCNC(=O)c4ccc(Nc5ncc6c(n5)-c5ccc(Cl)cc5C(c5c(F)cccc5F)=NC6)cc4)cccc3C2=O)C(=O)N1. The van der Waals surface area contributed by atoms with Crippen molar-refractivity contribution in [2.24, 2.45) is 4.99 Å². The van der Waals surface area contributed by atoms with Gasteiger partial charge < -0.3 is 45.1 Å². The monoisotopic (exact) mass is 1010 g/mol. The average molecular weight is 1010 g/mol. The van der Waals surface area contributed by atoms with Gasteiger partial charge >= 0.3 is 0 Å². The summed E-state index contributed by atoms with van der Waals surface area (Å²) < 4.78 is 52.1. The molecule has 0 aliphatic carbocycles. The summed E-state index contributed by atoms with van der Waals surface area (Å²) in [5.41, 5.74) is 4.79. The summed E-state index contributed by atoms with van der Waals surface area (Å²) >= 11 is 6.34. The van der Waals surface area contributed by atoms with Crippen LogP contribution in [0.3, 0.4) is 0 Å². The molecule has 21 heteroatoms. The smallest absolute Gasteiger partial charge is 0.255 e. The Labute approximate surface area is 418 Å². The second kappa shape index (κ2) is 24.9. The minimum Gasteiger partial charge on any atom is -0.378 e. The fourth-order valence-electron chi connectivity index (χ4n) is 8.24. The highest BCUT2D eigenvalue weighted by atomic mass is 35.5. The Balaban J connectivity index is 0.634. The first-order valence-electron chi connectivity index (χ1n) is 23.4. The second-order valence-electron chi connectivity index (χ2n) is 16.7. The van der Waals surface area contributed by atoms with Crippen LogP contribution in [0.1, 0.15) is 62.2 Å². The largest absolute Gasteiger partial charge is 0.378 e. The molecule has 1 atom stereocenters. The Hall–Kier alpha value is -7.07. The van der Waals surface area contributed by atoms with Gasteiger partial charge in [0, 0.05) is 95.0 Å². The summed E-state index contributed by atoms with van der Waals surface area (Å²) in [7, 11) is 0. The quantitative estimate of drug-likeness (QED) is 0.0389. The highest BCUT2D eigenvalue weighted by Gasteiger charge is 2.40. The van der Waals surface area contributed by atoms with Gasteiger partial charge in [0.25, 0.3) is 11.8 Å². The van der Waals surface area contributed by atoms with Crippen LogP contribution >= 0.6 is 11.6 Å². The molecule has 0 bridgehead atoms. The highest BCUT2D eigenvalue weighted by Crippen LogP contribution is 2.35. The zero-order valence-electron chi connectivity index (χ0n) is 39.1. The van der Waals surface area contributed by atoms with Crippen molar-refractivity contribution >= 4 is 64.2 Å². The predicted octanol–water partition coefficient (Wildman–Crippen LogP) is 5.35. The van der Waals surface area contributed by atoms with Crippen LogP contribution in [-0.4, -0.2) is 129 Å². The summed E-state index contributed by atoms with van der Waals surface area (Å²) in [6, 6.07) is 19.8. The number of imide groups is 1. The molecule has 8 rings (SSSR count). The molecule has 0 radical (unpaired) electrons. The van der Waals surface area contributed by atoms with E-state index in [9.17, 15) is 32.8 Å². The number of amides is 5. The molecule has 18 nitrogen and oxygen atoms in total. The van der Waals surface area contributed by atoms with Gasteiger partial charge in [0.05, 0.1) is 76.4 Å². The van der Waals surface area contributed by atoms with Crippen LogP contribution in [0.15, 0.2) is 90.1 Å². The molecule has 0 saturated carbocycles. The molecule has 1 unspecified atom stereocenters. The number of aromatic nitrogens is 2. The van der Waals surface area contributed by atoms with E-state index in [0.29, 0.717) is 128 Å². The van der Waals surface area contributed by atoms with Crippen molar-refractivity contribution < 1.29 is 51.7 Å². The Morgan fingerprint density at radius 3 is 2.21 bits per heavy atom. The summed E-state index contributed by atoms with van der Waals surface area (Å²) in [6.45, 7) is 4.50. The minimum atomic E-state index is -0.741. The molecule has 1 aromatic heterocycles.